The SMILES string of the molecule is CCOc1c(Cl)ccc(C2CCCCC2)c1CCCF. The van der Waals surface area contributed by atoms with Gasteiger partial charge in [-0.3, -0.25) is 4.39 Å². The summed E-state index contributed by atoms with van der Waals surface area (Å²) in [6.07, 6.45) is 7.64. The first kappa shape index (κ1) is 15.6. The van der Waals surface area contributed by atoms with Gasteiger partial charge in [-0.05, 0) is 55.7 Å². The molecule has 0 bridgehead atoms. The summed E-state index contributed by atoms with van der Waals surface area (Å²) in [6, 6.07) is 4.07. The molecule has 1 fully saturated rings. The van der Waals surface area contributed by atoms with E-state index in [0.717, 1.165) is 17.7 Å². The summed E-state index contributed by atoms with van der Waals surface area (Å²) in [4.78, 5) is 0. The van der Waals surface area contributed by atoms with Crippen molar-refractivity contribution in [2.75, 3.05) is 13.3 Å². The summed E-state index contributed by atoms with van der Waals surface area (Å²) in [6.45, 7) is 2.27. The van der Waals surface area contributed by atoms with E-state index in [1.165, 1.54) is 37.7 Å². The van der Waals surface area contributed by atoms with Gasteiger partial charge in [-0.15, -0.1) is 0 Å². The van der Waals surface area contributed by atoms with E-state index in [0.29, 0.717) is 24.0 Å². The fourth-order valence-electron chi connectivity index (χ4n) is 3.21. The molecule has 0 N–H and O–H groups in total. The molecule has 0 heterocycles. The van der Waals surface area contributed by atoms with Gasteiger partial charge in [0.25, 0.3) is 0 Å². The maximum atomic E-state index is 12.6. The molecule has 1 saturated carbocycles. The second-order valence-electron chi connectivity index (χ2n) is 5.50. The average Bonchev–Trinajstić information content (AvgIpc) is 2.49. The molecule has 1 aromatic rings. The first-order chi connectivity index (χ1) is 9.77. The van der Waals surface area contributed by atoms with Crippen molar-refractivity contribution in [3.05, 3.63) is 28.3 Å². The maximum Gasteiger partial charge on any atom is 0.141 e. The van der Waals surface area contributed by atoms with E-state index in [4.69, 9.17) is 16.3 Å². The Kier molecular flexibility index (Phi) is 6.15. The lowest BCUT2D eigenvalue weighted by molar-refractivity contribution is 0.333. The number of alkyl halides is 1. The van der Waals surface area contributed by atoms with E-state index in [1.807, 2.05) is 13.0 Å². The quantitative estimate of drug-likeness (QED) is 0.655. The average molecular weight is 299 g/mol. The minimum atomic E-state index is -0.289. The maximum absolute atomic E-state index is 12.6. The molecule has 1 nitrogen and oxygen atoms in total. The largest absolute Gasteiger partial charge is 0.492 e. The smallest absolute Gasteiger partial charge is 0.141 e. The lowest BCUT2D eigenvalue weighted by Gasteiger charge is -2.26. The minimum Gasteiger partial charge on any atom is -0.492 e. The minimum absolute atomic E-state index is 0.289. The van der Waals surface area contributed by atoms with Gasteiger partial charge in [-0.25, -0.2) is 0 Å². The van der Waals surface area contributed by atoms with E-state index < -0.39 is 0 Å². The summed E-state index contributed by atoms with van der Waals surface area (Å²) in [5, 5.41) is 0.653. The van der Waals surface area contributed by atoms with Gasteiger partial charge in [-0.2, -0.15) is 0 Å². The second-order valence-corrected chi connectivity index (χ2v) is 5.91. The molecule has 0 amide bonds. The number of benzene rings is 1. The molecule has 3 heteroatoms. The Morgan fingerprint density at radius 3 is 2.65 bits per heavy atom. The third-order valence-electron chi connectivity index (χ3n) is 4.14. The van der Waals surface area contributed by atoms with Crippen LogP contribution in [-0.2, 0) is 6.42 Å². The standard InChI is InChI=1S/C17H24ClFO/c1-2-20-17-15(9-6-12-19)14(10-11-16(17)18)13-7-4-3-5-8-13/h10-11,13H,2-9,12H2,1H3. The van der Waals surface area contributed by atoms with Crippen molar-refractivity contribution >= 4 is 11.6 Å². The summed E-state index contributed by atoms with van der Waals surface area (Å²) in [5.41, 5.74) is 2.48. The Hall–Kier alpha value is -0.760. The van der Waals surface area contributed by atoms with Gasteiger partial charge >= 0.3 is 0 Å². The fraction of sp³-hybridized carbons (Fsp3) is 0.647. The van der Waals surface area contributed by atoms with Crippen molar-refractivity contribution in [3.8, 4) is 5.75 Å². The second kappa shape index (κ2) is 7.87. The van der Waals surface area contributed by atoms with Crippen LogP contribution in [-0.4, -0.2) is 13.3 Å². The number of hydrogen-bond acceptors (Lipinski definition) is 1. The lowest BCUT2D eigenvalue weighted by atomic mass is 9.81. The van der Waals surface area contributed by atoms with E-state index in [1.54, 1.807) is 0 Å². The molecule has 1 aromatic carbocycles. The zero-order valence-corrected chi connectivity index (χ0v) is 13.0. The zero-order chi connectivity index (χ0) is 14.4. The summed E-state index contributed by atoms with van der Waals surface area (Å²) < 4.78 is 18.3. The normalized spacial score (nSPS) is 16.4. The summed E-state index contributed by atoms with van der Waals surface area (Å²) >= 11 is 6.28. The third-order valence-corrected chi connectivity index (χ3v) is 4.44. The molecule has 0 aliphatic heterocycles. The predicted molar refractivity (Wildman–Crippen MR) is 82.7 cm³/mol. The molecule has 0 saturated heterocycles. The first-order valence-electron chi connectivity index (χ1n) is 7.78. The molecule has 1 aliphatic rings. The molecule has 0 spiro atoms. The molecule has 0 aromatic heterocycles. The van der Waals surface area contributed by atoms with Crippen molar-refractivity contribution in [1.29, 1.82) is 0 Å². The van der Waals surface area contributed by atoms with E-state index in [2.05, 4.69) is 6.07 Å². The highest BCUT2D eigenvalue weighted by molar-refractivity contribution is 6.32. The van der Waals surface area contributed by atoms with Crippen molar-refractivity contribution in [3.63, 3.8) is 0 Å². The van der Waals surface area contributed by atoms with Crippen LogP contribution in [0.2, 0.25) is 5.02 Å². The third kappa shape index (κ3) is 3.66. The number of hydrogen-bond donors (Lipinski definition) is 0. The molecular weight excluding hydrogens is 275 g/mol. The number of ether oxygens (including phenoxy) is 1. The molecule has 2 rings (SSSR count). The molecule has 0 atom stereocenters. The number of halogens is 2. The molecule has 112 valence electrons. The Morgan fingerprint density at radius 1 is 1.25 bits per heavy atom. The van der Waals surface area contributed by atoms with Crippen LogP contribution in [0.5, 0.6) is 5.75 Å². The van der Waals surface area contributed by atoms with Crippen molar-refractivity contribution < 1.29 is 9.13 Å². The molecule has 0 unspecified atom stereocenters. The van der Waals surface area contributed by atoms with Crippen molar-refractivity contribution in [2.24, 2.45) is 0 Å². The van der Waals surface area contributed by atoms with Gasteiger partial charge in [-0.1, -0.05) is 36.9 Å². The molecule has 20 heavy (non-hydrogen) atoms. The van der Waals surface area contributed by atoms with Gasteiger partial charge < -0.3 is 4.74 Å². The Bertz CT molecular complexity index is 427. The molecule has 1 aliphatic carbocycles. The van der Waals surface area contributed by atoms with Gasteiger partial charge in [0.05, 0.1) is 18.3 Å². The van der Waals surface area contributed by atoms with Crippen LogP contribution < -0.4 is 4.74 Å². The topological polar surface area (TPSA) is 9.23 Å². The lowest BCUT2D eigenvalue weighted by Crippen LogP contribution is -2.10. The highest BCUT2D eigenvalue weighted by atomic mass is 35.5. The highest BCUT2D eigenvalue weighted by Gasteiger charge is 2.22. The Balaban J connectivity index is 2.34. The van der Waals surface area contributed by atoms with Crippen LogP contribution in [0.15, 0.2) is 12.1 Å². The Labute approximate surface area is 126 Å². The van der Waals surface area contributed by atoms with E-state index in [9.17, 15) is 4.39 Å². The Morgan fingerprint density at radius 2 is 2.00 bits per heavy atom. The van der Waals surface area contributed by atoms with Crippen molar-refractivity contribution in [1.82, 2.24) is 0 Å². The van der Waals surface area contributed by atoms with Gasteiger partial charge in [0.1, 0.15) is 5.75 Å². The molecular formula is C17H24ClFO. The fourth-order valence-corrected chi connectivity index (χ4v) is 3.44. The van der Waals surface area contributed by atoms with Gasteiger partial charge in [0.15, 0.2) is 0 Å². The summed E-state index contributed by atoms with van der Waals surface area (Å²) in [5.74, 6) is 1.38. The van der Waals surface area contributed by atoms with Crippen molar-refractivity contribution in [2.45, 2.75) is 57.8 Å². The summed E-state index contributed by atoms with van der Waals surface area (Å²) in [7, 11) is 0. The first-order valence-corrected chi connectivity index (χ1v) is 8.15. The van der Waals surface area contributed by atoms with Crippen LogP contribution in [0, 0.1) is 0 Å². The van der Waals surface area contributed by atoms with Crippen LogP contribution in [0.1, 0.15) is 62.5 Å². The van der Waals surface area contributed by atoms with E-state index in [-0.39, 0.29) is 6.67 Å². The van der Waals surface area contributed by atoms with Crippen LogP contribution in [0.25, 0.3) is 0 Å². The van der Waals surface area contributed by atoms with E-state index >= 15 is 0 Å². The monoisotopic (exact) mass is 298 g/mol. The highest BCUT2D eigenvalue weighted by Crippen LogP contribution is 2.40. The van der Waals surface area contributed by atoms with Crippen LogP contribution in [0.3, 0.4) is 0 Å². The zero-order valence-electron chi connectivity index (χ0n) is 12.3. The van der Waals surface area contributed by atoms with Gasteiger partial charge in [0.2, 0.25) is 0 Å². The number of rotatable bonds is 6. The van der Waals surface area contributed by atoms with Crippen LogP contribution in [0.4, 0.5) is 4.39 Å². The predicted octanol–water partition coefficient (Wildman–Crippen LogP) is 5.69. The van der Waals surface area contributed by atoms with Gasteiger partial charge in [0, 0.05) is 0 Å². The van der Waals surface area contributed by atoms with Crippen LogP contribution >= 0.6 is 11.6 Å². The molecule has 0 radical (unpaired) electrons.